The fourth-order valence-electron chi connectivity index (χ4n) is 3.03. The Labute approximate surface area is 149 Å². The van der Waals surface area contributed by atoms with Crippen LogP contribution in [0.25, 0.3) is 10.1 Å². The number of carbonyl (C=O) groups excluding carboxylic acids is 1. The fourth-order valence-corrected chi connectivity index (χ4v) is 4.03. The summed E-state index contributed by atoms with van der Waals surface area (Å²) in [5.41, 5.74) is 0. The minimum Gasteiger partial charge on any atom is -0.333 e. The van der Waals surface area contributed by atoms with Gasteiger partial charge in [0.15, 0.2) is 0 Å². The molecule has 0 atom stereocenters. The van der Waals surface area contributed by atoms with Gasteiger partial charge in [0.2, 0.25) is 0 Å². The van der Waals surface area contributed by atoms with Crippen molar-refractivity contribution in [2.45, 2.75) is 13.1 Å². The van der Waals surface area contributed by atoms with Crippen molar-refractivity contribution in [2.75, 3.05) is 26.2 Å². The number of benzene rings is 1. The van der Waals surface area contributed by atoms with Crippen molar-refractivity contribution >= 4 is 27.5 Å². The maximum atomic E-state index is 12.4. The van der Waals surface area contributed by atoms with Gasteiger partial charge in [-0.15, -0.1) is 11.3 Å². The number of urea groups is 1. The Morgan fingerprint density at radius 3 is 2.84 bits per heavy atom. The van der Waals surface area contributed by atoms with E-state index in [0.29, 0.717) is 6.54 Å². The lowest BCUT2D eigenvalue weighted by Gasteiger charge is -2.34. The van der Waals surface area contributed by atoms with E-state index in [0.717, 1.165) is 38.5 Å². The van der Waals surface area contributed by atoms with Gasteiger partial charge >= 0.3 is 6.03 Å². The predicted molar refractivity (Wildman–Crippen MR) is 97.3 cm³/mol. The van der Waals surface area contributed by atoms with Crippen molar-refractivity contribution in [3.05, 3.63) is 47.4 Å². The second-order valence-corrected chi connectivity index (χ2v) is 7.27. The van der Waals surface area contributed by atoms with Crippen molar-refractivity contribution in [1.82, 2.24) is 30.3 Å². The molecule has 0 bridgehead atoms. The summed E-state index contributed by atoms with van der Waals surface area (Å²) >= 11 is 1.73. The first-order valence-corrected chi connectivity index (χ1v) is 9.16. The number of nitrogens with one attached hydrogen (secondary N) is 2. The van der Waals surface area contributed by atoms with Crippen LogP contribution in [0.4, 0.5) is 4.79 Å². The van der Waals surface area contributed by atoms with Gasteiger partial charge in [-0.2, -0.15) is 5.10 Å². The Balaban J connectivity index is 1.26. The lowest BCUT2D eigenvalue weighted by molar-refractivity contribution is 0.133. The van der Waals surface area contributed by atoms with E-state index >= 15 is 0 Å². The second-order valence-electron chi connectivity index (χ2n) is 6.10. The van der Waals surface area contributed by atoms with Gasteiger partial charge in [0.25, 0.3) is 0 Å². The van der Waals surface area contributed by atoms with Gasteiger partial charge in [-0.3, -0.25) is 10.00 Å². The molecule has 4 rings (SSSR count). The van der Waals surface area contributed by atoms with Gasteiger partial charge in [0.1, 0.15) is 12.2 Å². The Bertz CT molecular complexity index is 805. The summed E-state index contributed by atoms with van der Waals surface area (Å²) in [6.45, 7) is 4.47. The Kier molecular flexibility index (Phi) is 4.62. The van der Waals surface area contributed by atoms with E-state index in [1.54, 1.807) is 11.3 Å². The number of H-pyrrole nitrogens is 1. The normalized spacial score (nSPS) is 15.6. The van der Waals surface area contributed by atoms with E-state index < -0.39 is 0 Å². The molecule has 1 saturated heterocycles. The molecule has 2 N–H and O–H groups in total. The van der Waals surface area contributed by atoms with Gasteiger partial charge in [0.05, 0.1) is 13.1 Å². The SMILES string of the molecule is O=C(NCc1cc2ccccc2s1)N1CCN(Cc2ncn[nH]2)CC1. The monoisotopic (exact) mass is 356 g/mol. The minimum atomic E-state index is 0.0109. The van der Waals surface area contributed by atoms with E-state index in [1.807, 2.05) is 17.0 Å². The molecule has 1 aromatic carbocycles. The molecule has 130 valence electrons. The number of nitrogens with zero attached hydrogens (tertiary/aromatic N) is 4. The van der Waals surface area contributed by atoms with Crippen LogP contribution in [0.1, 0.15) is 10.7 Å². The molecule has 25 heavy (non-hydrogen) atoms. The van der Waals surface area contributed by atoms with E-state index in [-0.39, 0.29) is 6.03 Å². The molecular formula is C17H20N6OS. The van der Waals surface area contributed by atoms with E-state index in [4.69, 9.17) is 0 Å². The van der Waals surface area contributed by atoms with Crippen LogP contribution < -0.4 is 5.32 Å². The summed E-state index contributed by atoms with van der Waals surface area (Å²) in [5.74, 6) is 0.864. The third-order valence-corrected chi connectivity index (χ3v) is 5.50. The zero-order valence-electron chi connectivity index (χ0n) is 13.8. The number of carbonyl (C=O) groups is 1. The third kappa shape index (κ3) is 3.80. The first kappa shape index (κ1) is 16.0. The highest BCUT2D eigenvalue weighted by Gasteiger charge is 2.21. The molecule has 1 aliphatic heterocycles. The van der Waals surface area contributed by atoms with Gasteiger partial charge < -0.3 is 10.2 Å². The fraction of sp³-hybridized carbons (Fsp3) is 0.353. The van der Waals surface area contributed by atoms with Gasteiger partial charge in [-0.1, -0.05) is 18.2 Å². The maximum Gasteiger partial charge on any atom is 0.317 e. The number of hydrogen-bond acceptors (Lipinski definition) is 5. The smallest absolute Gasteiger partial charge is 0.317 e. The summed E-state index contributed by atoms with van der Waals surface area (Å²) in [6, 6.07) is 10.5. The van der Waals surface area contributed by atoms with E-state index in [2.05, 4.69) is 43.6 Å². The molecule has 2 aromatic heterocycles. The zero-order chi connectivity index (χ0) is 17.1. The summed E-state index contributed by atoms with van der Waals surface area (Å²) in [7, 11) is 0. The molecule has 7 nitrogen and oxygen atoms in total. The molecule has 0 spiro atoms. The van der Waals surface area contributed by atoms with E-state index in [9.17, 15) is 4.79 Å². The van der Waals surface area contributed by atoms with Crippen LogP contribution in [0.5, 0.6) is 0 Å². The van der Waals surface area contributed by atoms with Crippen LogP contribution in [0.15, 0.2) is 36.7 Å². The number of amides is 2. The molecule has 0 aliphatic carbocycles. The first-order valence-electron chi connectivity index (χ1n) is 8.35. The van der Waals surface area contributed by atoms with Crippen LogP contribution in [0.3, 0.4) is 0 Å². The Morgan fingerprint density at radius 1 is 1.24 bits per heavy atom. The highest BCUT2D eigenvalue weighted by molar-refractivity contribution is 7.19. The average Bonchev–Trinajstić information content (AvgIpc) is 3.29. The molecule has 1 aliphatic rings. The first-order chi connectivity index (χ1) is 12.3. The van der Waals surface area contributed by atoms with E-state index in [1.165, 1.54) is 21.3 Å². The Morgan fingerprint density at radius 2 is 2.08 bits per heavy atom. The molecule has 8 heteroatoms. The number of piperazine rings is 1. The predicted octanol–water partition coefficient (Wildman–Crippen LogP) is 2.05. The molecule has 3 aromatic rings. The van der Waals surface area contributed by atoms with Crippen molar-refractivity contribution < 1.29 is 4.79 Å². The van der Waals surface area contributed by atoms with Crippen LogP contribution >= 0.6 is 11.3 Å². The largest absolute Gasteiger partial charge is 0.333 e. The molecule has 3 heterocycles. The van der Waals surface area contributed by atoms with Crippen molar-refractivity contribution in [3.8, 4) is 0 Å². The minimum absolute atomic E-state index is 0.0109. The molecule has 0 saturated carbocycles. The van der Waals surface area contributed by atoms with Crippen LogP contribution in [-0.4, -0.2) is 57.2 Å². The summed E-state index contributed by atoms with van der Waals surface area (Å²) in [5, 5.41) is 11.0. The number of rotatable bonds is 4. The summed E-state index contributed by atoms with van der Waals surface area (Å²) in [6.07, 6.45) is 1.52. The number of aromatic nitrogens is 3. The van der Waals surface area contributed by atoms with Gasteiger partial charge in [0, 0.05) is 35.8 Å². The number of fused-ring (bicyclic) bond motifs is 1. The number of aromatic amines is 1. The number of hydrogen-bond donors (Lipinski definition) is 2. The molecular weight excluding hydrogens is 336 g/mol. The molecule has 1 fully saturated rings. The van der Waals surface area contributed by atoms with Crippen molar-refractivity contribution in [3.63, 3.8) is 0 Å². The van der Waals surface area contributed by atoms with Crippen molar-refractivity contribution in [1.29, 1.82) is 0 Å². The quantitative estimate of drug-likeness (QED) is 0.750. The van der Waals surface area contributed by atoms with Crippen LogP contribution in [0, 0.1) is 0 Å². The highest BCUT2D eigenvalue weighted by Crippen LogP contribution is 2.25. The molecule has 2 amide bonds. The zero-order valence-corrected chi connectivity index (χ0v) is 14.6. The lowest BCUT2D eigenvalue weighted by atomic mass is 10.2. The number of thiophene rings is 1. The second kappa shape index (κ2) is 7.20. The van der Waals surface area contributed by atoms with Gasteiger partial charge in [-0.25, -0.2) is 9.78 Å². The van der Waals surface area contributed by atoms with Crippen molar-refractivity contribution in [2.24, 2.45) is 0 Å². The van der Waals surface area contributed by atoms with Crippen LogP contribution in [-0.2, 0) is 13.1 Å². The summed E-state index contributed by atoms with van der Waals surface area (Å²) in [4.78, 5) is 21.9. The maximum absolute atomic E-state index is 12.4. The van der Waals surface area contributed by atoms with Gasteiger partial charge in [-0.05, 0) is 17.5 Å². The highest BCUT2D eigenvalue weighted by atomic mass is 32.1. The standard InChI is InChI=1S/C17H20N6OS/c24-17(18-10-14-9-13-3-1-2-4-15(13)25-14)23-7-5-22(6-8-23)11-16-19-12-20-21-16/h1-4,9,12H,5-8,10-11H2,(H,18,24)(H,19,20,21). The topological polar surface area (TPSA) is 77.2 Å². The lowest BCUT2D eigenvalue weighted by Crippen LogP contribution is -2.51. The summed E-state index contributed by atoms with van der Waals surface area (Å²) < 4.78 is 1.26. The third-order valence-electron chi connectivity index (χ3n) is 4.39. The Hall–Kier alpha value is -2.45. The average molecular weight is 356 g/mol. The van der Waals surface area contributed by atoms with Crippen LogP contribution in [0.2, 0.25) is 0 Å². The molecule has 0 radical (unpaired) electrons. The molecule has 0 unspecified atom stereocenters.